The third kappa shape index (κ3) is 2.14. The topological polar surface area (TPSA) is 116 Å². The van der Waals surface area contributed by atoms with Crippen LogP contribution in [0.25, 0.3) is 0 Å². The Labute approximate surface area is 141 Å². The van der Waals surface area contributed by atoms with Crippen molar-refractivity contribution in [2.24, 2.45) is 5.73 Å². The van der Waals surface area contributed by atoms with E-state index in [1.807, 2.05) is 13.8 Å². The van der Waals surface area contributed by atoms with Crippen molar-refractivity contribution in [3.63, 3.8) is 0 Å². The number of ether oxygens (including phenoxy) is 1. The predicted molar refractivity (Wildman–Crippen MR) is 83.1 cm³/mol. The Kier molecular flexibility index (Phi) is 3.37. The van der Waals surface area contributed by atoms with Gasteiger partial charge in [-0.3, -0.25) is 4.79 Å². The fourth-order valence-electron chi connectivity index (χ4n) is 3.66. The molecule has 24 heavy (non-hydrogen) atoms. The number of rotatable bonds is 2. The lowest BCUT2D eigenvalue weighted by Gasteiger charge is -2.42. The molecule has 2 N–H and O–H groups in total. The standard InChI is InChI=1S/C15H18N2O6S/c1-15(2)10(17-11(18)8(16)12(17)24-15)13(19)21-6-4-3-5-7-9(6)23-14(20)22-7/h6,8,10,12H,3-5,16H2,1-2H3/t6?,8-,10+,12-/m1/s1. The molecular formula is C15H18N2O6S. The summed E-state index contributed by atoms with van der Waals surface area (Å²) in [6, 6.07) is -1.27. The van der Waals surface area contributed by atoms with E-state index in [1.54, 1.807) is 0 Å². The van der Waals surface area contributed by atoms with Crippen LogP contribution in [0.5, 0.6) is 0 Å². The van der Waals surface area contributed by atoms with Gasteiger partial charge in [0.05, 0.1) is 0 Å². The van der Waals surface area contributed by atoms with Gasteiger partial charge in [0.15, 0.2) is 17.6 Å². The van der Waals surface area contributed by atoms with Gasteiger partial charge in [0.25, 0.3) is 0 Å². The number of carbonyl (C=O) groups is 2. The first kappa shape index (κ1) is 15.8. The van der Waals surface area contributed by atoms with Crippen molar-refractivity contribution in [1.82, 2.24) is 4.90 Å². The highest BCUT2D eigenvalue weighted by Crippen LogP contribution is 2.51. The Morgan fingerprint density at radius 2 is 2.12 bits per heavy atom. The van der Waals surface area contributed by atoms with Gasteiger partial charge >= 0.3 is 11.8 Å². The minimum Gasteiger partial charge on any atom is -0.452 e. The van der Waals surface area contributed by atoms with Gasteiger partial charge in [-0.05, 0) is 26.7 Å². The normalized spacial score (nSPS) is 33.6. The van der Waals surface area contributed by atoms with E-state index in [9.17, 15) is 14.4 Å². The molecule has 3 heterocycles. The van der Waals surface area contributed by atoms with E-state index >= 15 is 0 Å². The van der Waals surface area contributed by atoms with Gasteiger partial charge in [-0.25, -0.2) is 9.59 Å². The Morgan fingerprint density at radius 1 is 1.38 bits per heavy atom. The smallest absolute Gasteiger partial charge is 0.452 e. The summed E-state index contributed by atoms with van der Waals surface area (Å²) in [6.07, 6.45) is 1.21. The largest absolute Gasteiger partial charge is 0.519 e. The van der Waals surface area contributed by atoms with Gasteiger partial charge in [0, 0.05) is 11.2 Å². The van der Waals surface area contributed by atoms with Crippen molar-refractivity contribution < 1.29 is 23.2 Å². The van der Waals surface area contributed by atoms with E-state index in [0.717, 1.165) is 6.42 Å². The van der Waals surface area contributed by atoms with Gasteiger partial charge in [0.2, 0.25) is 5.91 Å². The molecule has 1 aliphatic carbocycles. The molecule has 1 amide bonds. The maximum atomic E-state index is 12.8. The molecule has 2 aliphatic heterocycles. The summed E-state index contributed by atoms with van der Waals surface area (Å²) >= 11 is 1.50. The Hall–Kier alpha value is -1.74. The maximum absolute atomic E-state index is 12.8. The average molecular weight is 354 g/mol. The molecule has 1 aromatic rings. The van der Waals surface area contributed by atoms with Crippen LogP contribution >= 0.6 is 11.8 Å². The number of aryl methyl sites for hydroxylation is 1. The number of nitrogens with two attached hydrogens (primary N) is 1. The SMILES string of the molecule is CC1(C)S[C@@H]2[C@H](N)C(=O)N2[C@H]1C(=O)OC1CCCc2oc(=O)oc21. The molecule has 1 aromatic heterocycles. The lowest BCUT2D eigenvalue weighted by molar-refractivity contribution is -0.167. The summed E-state index contributed by atoms with van der Waals surface area (Å²) in [5, 5.41) is -0.196. The second-order valence-corrected chi connectivity index (χ2v) is 8.62. The molecule has 0 spiro atoms. The van der Waals surface area contributed by atoms with E-state index in [-0.39, 0.29) is 17.0 Å². The van der Waals surface area contributed by atoms with Crippen LogP contribution in [0.1, 0.15) is 44.3 Å². The Balaban J connectivity index is 1.57. The lowest BCUT2D eigenvalue weighted by Crippen LogP contribution is -2.68. The number of β-lactam (4-membered cyclic amide) rings is 1. The number of amides is 1. The third-order valence-corrected chi connectivity index (χ3v) is 6.39. The minimum atomic E-state index is -0.788. The van der Waals surface area contributed by atoms with Crippen molar-refractivity contribution in [1.29, 1.82) is 0 Å². The summed E-state index contributed by atoms with van der Waals surface area (Å²) < 4.78 is 15.1. The maximum Gasteiger partial charge on any atom is 0.519 e. The highest BCUT2D eigenvalue weighted by molar-refractivity contribution is 8.01. The molecule has 9 heteroatoms. The number of fused-ring (bicyclic) bond motifs is 2. The molecule has 2 saturated heterocycles. The second kappa shape index (κ2) is 5.13. The van der Waals surface area contributed by atoms with Gasteiger partial charge in [0.1, 0.15) is 17.5 Å². The fourth-order valence-corrected chi connectivity index (χ4v) is 5.22. The van der Waals surface area contributed by atoms with Crippen LogP contribution in [0, 0.1) is 0 Å². The molecule has 8 nitrogen and oxygen atoms in total. The third-order valence-electron chi connectivity index (χ3n) is 4.80. The monoisotopic (exact) mass is 354 g/mol. The summed E-state index contributed by atoms with van der Waals surface area (Å²) in [4.78, 5) is 37.6. The zero-order chi connectivity index (χ0) is 17.2. The van der Waals surface area contributed by atoms with E-state index < -0.39 is 34.7 Å². The minimum absolute atomic E-state index is 0.196. The number of esters is 1. The van der Waals surface area contributed by atoms with Gasteiger partial charge in [-0.2, -0.15) is 0 Å². The molecule has 0 aromatic carbocycles. The van der Waals surface area contributed by atoms with Gasteiger partial charge < -0.3 is 24.2 Å². The number of nitrogens with zero attached hydrogens (tertiary/aromatic N) is 1. The molecule has 3 aliphatic rings. The van der Waals surface area contributed by atoms with Crippen molar-refractivity contribution >= 4 is 23.6 Å². The number of hydrogen-bond donors (Lipinski definition) is 1. The van der Waals surface area contributed by atoms with E-state index in [1.165, 1.54) is 16.7 Å². The first-order valence-electron chi connectivity index (χ1n) is 7.88. The molecule has 0 saturated carbocycles. The molecule has 2 fully saturated rings. The number of carbonyl (C=O) groups excluding carboxylic acids is 2. The Bertz CT molecular complexity index is 768. The zero-order valence-electron chi connectivity index (χ0n) is 13.3. The summed E-state index contributed by atoms with van der Waals surface area (Å²) in [5.74, 6) is -0.810. The molecule has 4 atom stereocenters. The van der Waals surface area contributed by atoms with Crippen LogP contribution in [0.3, 0.4) is 0 Å². The predicted octanol–water partition coefficient (Wildman–Crippen LogP) is 0.543. The van der Waals surface area contributed by atoms with Crippen molar-refractivity contribution in [2.45, 2.75) is 61.4 Å². The first-order valence-corrected chi connectivity index (χ1v) is 8.76. The molecule has 130 valence electrons. The summed E-state index contributed by atoms with van der Waals surface area (Å²) in [7, 11) is 0. The molecule has 0 bridgehead atoms. The van der Waals surface area contributed by atoms with E-state index in [2.05, 4.69) is 0 Å². The quantitative estimate of drug-likeness (QED) is 0.604. The highest BCUT2D eigenvalue weighted by atomic mass is 32.2. The fraction of sp³-hybridized carbons (Fsp3) is 0.667. The molecule has 1 unspecified atom stereocenters. The molecule has 0 radical (unpaired) electrons. The Morgan fingerprint density at radius 3 is 2.88 bits per heavy atom. The van der Waals surface area contributed by atoms with E-state index in [0.29, 0.717) is 18.6 Å². The van der Waals surface area contributed by atoms with Crippen LogP contribution in [0.15, 0.2) is 13.6 Å². The summed E-state index contributed by atoms with van der Waals surface area (Å²) in [5.41, 5.74) is 5.81. The van der Waals surface area contributed by atoms with E-state index in [4.69, 9.17) is 19.3 Å². The summed E-state index contributed by atoms with van der Waals surface area (Å²) in [6.45, 7) is 3.79. The average Bonchev–Trinajstić information content (AvgIpc) is 3.02. The van der Waals surface area contributed by atoms with Crippen molar-refractivity contribution in [3.8, 4) is 0 Å². The van der Waals surface area contributed by atoms with Crippen molar-refractivity contribution in [3.05, 3.63) is 22.1 Å². The van der Waals surface area contributed by atoms with Crippen LogP contribution in [-0.2, 0) is 20.7 Å². The first-order chi connectivity index (χ1) is 11.3. The van der Waals surface area contributed by atoms with Crippen LogP contribution in [0.2, 0.25) is 0 Å². The van der Waals surface area contributed by atoms with Gasteiger partial charge in [-0.1, -0.05) is 0 Å². The van der Waals surface area contributed by atoms with Gasteiger partial charge in [-0.15, -0.1) is 11.8 Å². The zero-order valence-corrected chi connectivity index (χ0v) is 14.1. The number of thioether (sulfide) groups is 1. The highest BCUT2D eigenvalue weighted by Gasteiger charge is 2.63. The lowest BCUT2D eigenvalue weighted by atomic mass is 9.95. The second-order valence-electron chi connectivity index (χ2n) is 6.85. The van der Waals surface area contributed by atoms with Crippen molar-refractivity contribution in [2.75, 3.05) is 0 Å². The molecule has 4 rings (SSSR count). The molecular weight excluding hydrogens is 336 g/mol. The van der Waals surface area contributed by atoms with Crippen LogP contribution < -0.4 is 11.6 Å². The number of hydrogen-bond acceptors (Lipinski definition) is 8. The van der Waals surface area contributed by atoms with Crippen LogP contribution in [-0.4, -0.2) is 39.0 Å². The van der Waals surface area contributed by atoms with Crippen LogP contribution in [0.4, 0.5) is 0 Å².